The summed E-state index contributed by atoms with van der Waals surface area (Å²) in [6, 6.07) is 7.19. The third kappa shape index (κ3) is 9.21. The van der Waals surface area contributed by atoms with Crippen molar-refractivity contribution in [3.05, 3.63) is 29.8 Å². The topological polar surface area (TPSA) is 91.8 Å². The van der Waals surface area contributed by atoms with Gasteiger partial charge in [-0.05, 0) is 43.4 Å². The van der Waals surface area contributed by atoms with Crippen molar-refractivity contribution in [2.75, 3.05) is 27.3 Å². The zero-order valence-corrected chi connectivity index (χ0v) is 17.9. The molecule has 0 saturated carbocycles. The maximum Gasteiger partial charge on any atom is 0.240 e. The lowest BCUT2D eigenvalue weighted by atomic mass is 10.0. The third-order valence-corrected chi connectivity index (χ3v) is 5.51. The highest BCUT2D eigenvalue weighted by molar-refractivity contribution is 7.89. The first-order valence-corrected chi connectivity index (χ1v) is 10.8. The van der Waals surface area contributed by atoms with Gasteiger partial charge in [0.05, 0.1) is 11.5 Å². The van der Waals surface area contributed by atoms with Gasteiger partial charge in [0, 0.05) is 33.3 Å². The molecular weight excluding hydrogens is 364 g/mol. The molecule has 7 nitrogen and oxygen atoms in total. The Bertz CT molecular complexity index is 690. The second-order valence-corrected chi connectivity index (χ2v) is 8.75. The van der Waals surface area contributed by atoms with Gasteiger partial charge >= 0.3 is 0 Å². The number of benzene rings is 1. The lowest BCUT2D eigenvalue weighted by molar-refractivity contribution is 0.204. The number of hydrogen-bond acceptors (Lipinski definition) is 4. The van der Waals surface area contributed by atoms with Gasteiger partial charge in [0.1, 0.15) is 0 Å². The minimum atomic E-state index is -3.54. The molecule has 1 aromatic carbocycles. The highest BCUT2D eigenvalue weighted by Gasteiger charge is 2.14. The van der Waals surface area contributed by atoms with Crippen LogP contribution in [0, 0.1) is 5.92 Å². The van der Waals surface area contributed by atoms with Crippen LogP contribution in [-0.2, 0) is 21.3 Å². The summed E-state index contributed by atoms with van der Waals surface area (Å²) in [5, 5.41) is 6.60. The van der Waals surface area contributed by atoms with E-state index in [1.165, 1.54) is 7.11 Å². The standard InChI is InChI=1S/C19H34N4O3S/c1-15(2)9-10-16(3)23-19(20-4)21-14-17-7-6-8-18(13-17)27(24,25)22-11-12-26-5/h6-8,13,15-16,22H,9-12,14H2,1-5H3,(H2,20,21,23). The Morgan fingerprint density at radius 1 is 1.22 bits per heavy atom. The fraction of sp³-hybridized carbons (Fsp3) is 0.632. The summed E-state index contributed by atoms with van der Waals surface area (Å²) in [5.74, 6) is 1.38. The molecule has 1 rings (SSSR count). The van der Waals surface area contributed by atoms with Crippen LogP contribution in [0.25, 0.3) is 0 Å². The molecule has 8 heteroatoms. The number of nitrogens with one attached hydrogen (secondary N) is 3. The molecule has 0 radical (unpaired) electrons. The second kappa shape index (κ2) is 11.9. The lowest BCUT2D eigenvalue weighted by Gasteiger charge is -2.19. The SMILES string of the molecule is CN=C(NCc1cccc(S(=O)(=O)NCCOC)c1)NC(C)CCC(C)C. The van der Waals surface area contributed by atoms with Crippen molar-refractivity contribution in [2.45, 2.75) is 51.1 Å². The Morgan fingerprint density at radius 2 is 1.96 bits per heavy atom. The van der Waals surface area contributed by atoms with E-state index in [0.29, 0.717) is 31.1 Å². The molecule has 1 atom stereocenters. The van der Waals surface area contributed by atoms with Crippen molar-refractivity contribution in [3.8, 4) is 0 Å². The molecular formula is C19H34N4O3S. The Morgan fingerprint density at radius 3 is 2.59 bits per heavy atom. The average Bonchev–Trinajstić information content (AvgIpc) is 2.63. The van der Waals surface area contributed by atoms with Crippen LogP contribution in [0.2, 0.25) is 0 Å². The van der Waals surface area contributed by atoms with Crippen LogP contribution in [0.1, 0.15) is 39.2 Å². The zero-order chi connectivity index (χ0) is 20.3. The van der Waals surface area contributed by atoms with Crippen LogP contribution in [0.4, 0.5) is 0 Å². The van der Waals surface area contributed by atoms with Gasteiger partial charge in [-0.2, -0.15) is 0 Å². The molecule has 0 fully saturated rings. The van der Waals surface area contributed by atoms with Crippen LogP contribution in [0.3, 0.4) is 0 Å². The van der Waals surface area contributed by atoms with Gasteiger partial charge in [0.2, 0.25) is 10.0 Å². The largest absolute Gasteiger partial charge is 0.383 e. The predicted molar refractivity (Wildman–Crippen MR) is 110 cm³/mol. The summed E-state index contributed by atoms with van der Waals surface area (Å²) in [6.07, 6.45) is 2.22. The van der Waals surface area contributed by atoms with Crippen LogP contribution in [0.15, 0.2) is 34.2 Å². The Kier molecular flexibility index (Phi) is 10.4. The van der Waals surface area contributed by atoms with Crippen LogP contribution >= 0.6 is 0 Å². The molecule has 1 aromatic rings. The van der Waals surface area contributed by atoms with E-state index in [2.05, 4.69) is 41.1 Å². The number of aliphatic imine (C=N–C) groups is 1. The lowest BCUT2D eigenvalue weighted by Crippen LogP contribution is -2.42. The fourth-order valence-electron chi connectivity index (χ4n) is 2.45. The van der Waals surface area contributed by atoms with E-state index < -0.39 is 10.0 Å². The minimum absolute atomic E-state index is 0.242. The molecule has 0 saturated heterocycles. The Hall–Kier alpha value is -1.64. The number of rotatable bonds is 11. The van der Waals surface area contributed by atoms with Crippen LogP contribution < -0.4 is 15.4 Å². The highest BCUT2D eigenvalue weighted by atomic mass is 32.2. The maximum absolute atomic E-state index is 12.3. The normalized spacial score (nSPS) is 13.6. The van der Waals surface area contributed by atoms with Crippen LogP contribution in [-0.4, -0.2) is 47.7 Å². The molecule has 3 N–H and O–H groups in total. The number of guanidine groups is 1. The van der Waals surface area contributed by atoms with Crippen molar-refractivity contribution in [1.82, 2.24) is 15.4 Å². The summed E-state index contributed by atoms with van der Waals surface area (Å²) in [7, 11) is -0.277. The monoisotopic (exact) mass is 398 g/mol. The molecule has 0 aliphatic rings. The molecule has 0 aromatic heterocycles. The van der Waals surface area contributed by atoms with E-state index in [4.69, 9.17) is 4.74 Å². The third-order valence-electron chi connectivity index (χ3n) is 4.05. The molecule has 1 unspecified atom stereocenters. The van der Waals surface area contributed by atoms with E-state index >= 15 is 0 Å². The fourth-order valence-corrected chi connectivity index (χ4v) is 3.54. The van der Waals surface area contributed by atoms with E-state index in [1.54, 1.807) is 25.2 Å². The molecule has 0 bridgehead atoms. The number of sulfonamides is 1. The Balaban J connectivity index is 2.63. The van der Waals surface area contributed by atoms with Crippen molar-refractivity contribution in [3.63, 3.8) is 0 Å². The molecule has 0 aliphatic carbocycles. The van der Waals surface area contributed by atoms with Gasteiger partial charge in [0.25, 0.3) is 0 Å². The number of nitrogens with zero attached hydrogens (tertiary/aromatic N) is 1. The quantitative estimate of drug-likeness (QED) is 0.302. The highest BCUT2D eigenvalue weighted by Crippen LogP contribution is 2.11. The second-order valence-electron chi connectivity index (χ2n) is 6.98. The summed E-state index contributed by atoms with van der Waals surface area (Å²) in [5.41, 5.74) is 0.863. The molecule has 0 aliphatic heterocycles. The smallest absolute Gasteiger partial charge is 0.240 e. The van der Waals surface area contributed by atoms with E-state index in [0.717, 1.165) is 18.4 Å². The number of ether oxygens (including phenoxy) is 1. The first kappa shape index (κ1) is 23.4. The maximum atomic E-state index is 12.3. The summed E-state index contributed by atoms with van der Waals surface area (Å²) >= 11 is 0. The van der Waals surface area contributed by atoms with Gasteiger partial charge in [-0.3, -0.25) is 4.99 Å². The van der Waals surface area contributed by atoms with Gasteiger partial charge in [-0.25, -0.2) is 13.1 Å². The van der Waals surface area contributed by atoms with Gasteiger partial charge < -0.3 is 15.4 Å². The summed E-state index contributed by atoms with van der Waals surface area (Å²) < 4.78 is 32.0. The summed E-state index contributed by atoms with van der Waals surface area (Å²) in [4.78, 5) is 4.48. The molecule has 27 heavy (non-hydrogen) atoms. The van der Waals surface area contributed by atoms with E-state index in [-0.39, 0.29) is 11.4 Å². The van der Waals surface area contributed by atoms with E-state index in [9.17, 15) is 8.42 Å². The van der Waals surface area contributed by atoms with Gasteiger partial charge in [-0.15, -0.1) is 0 Å². The average molecular weight is 399 g/mol. The van der Waals surface area contributed by atoms with Gasteiger partial charge in [-0.1, -0.05) is 26.0 Å². The van der Waals surface area contributed by atoms with Crippen molar-refractivity contribution < 1.29 is 13.2 Å². The Labute approximate surface area is 164 Å². The van der Waals surface area contributed by atoms with Crippen molar-refractivity contribution >= 4 is 16.0 Å². The molecule has 0 amide bonds. The first-order valence-electron chi connectivity index (χ1n) is 9.33. The molecule has 154 valence electrons. The van der Waals surface area contributed by atoms with Crippen molar-refractivity contribution in [1.29, 1.82) is 0 Å². The van der Waals surface area contributed by atoms with Crippen molar-refractivity contribution in [2.24, 2.45) is 10.9 Å². The van der Waals surface area contributed by atoms with Crippen LogP contribution in [0.5, 0.6) is 0 Å². The molecule has 0 spiro atoms. The predicted octanol–water partition coefficient (Wildman–Crippen LogP) is 2.10. The molecule has 0 heterocycles. The zero-order valence-electron chi connectivity index (χ0n) is 17.1. The summed E-state index contributed by atoms with van der Waals surface area (Å²) in [6.45, 7) is 7.62. The first-order chi connectivity index (χ1) is 12.8. The van der Waals surface area contributed by atoms with E-state index in [1.807, 2.05) is 6.07 Å². The number of methoxy groups -OCH3 is 1. The minimum Gasteiger partial charge on any atom is -0.383 e. The number of hydrogen-bond donors (Lipinski definition) is 3. The van der Waals surface area contributed by atoms with Gasteiger partial charge in [0.15, 0.2) is 5.96 Å².